The van der Waals surface area contributed by atoms with Crippen molar-refractivity contribution in [3.63, 3.8) is 0 Å². The van der Waals surface area contributed by atoms with Crippen LogP contribution >= 0.6 is 0 Å². The van der Waals surface area contributed by atoms with Crippen LogP contribution in [-0.2, 0) is 13.0 Å². The molecule has 182 valence electrons. The number of nitrogens with zero attached hydrogens (tertiary/aromatic N) is 2. The molecule has 2 heterocycles. The minimum absolute atomic E-state index is 0.376. The lowest BCUT2D eigenvalue weighted by molar-refractivity contribution is 0.287. The quantitative estimate of drug-likeness (QED) is 0.262. The van der Waals surface area contributed by atoms with Crippen molar-refractivity contribution in [3.05, 3.63) is 96.2 Å². The Balaban J connectivity index is 1.54. The molecule has 2 aromatic heterocycles. The predicted molar refractivity (Wildman–Crippen MR) is 141 cm³/mol. The van der Waals surface area contributed by atoms with Gasteiger partial charge in [-0.2, -0.15) is 0 Å². The number of ether oxygens (including phenoxy) is 2. The Kier molecular flexibility index (Phi) is 6.85. The first kappa shape index (κ1) is 23.4. The van der Waals surface area contributed by atoms with Gasteiger partial charge in [0.15, 0.2) is 11.5 Å². The second kappa shape index (κ2) is 10.5. The minimum Gasteiger partial charge on any atom is -0.490 e. The standard InChI is InChI=1S/C30H29N3O3/c1-3-34-24-16-15-21(19-25(24)35-4-2)17-18-33-20-32-30-27(29(33)31)26(22-11-7-5-8-12-22)28(36-30)23-13-9-6-10-14-23/h5-16,19-20,31H,3-4,17-18H2,1-2H3. The summed E-state index contributed by atoms with van der Waals surface area (Å²) in [6.45, 7) is 5.68. The third-order valence-electron chi connectivity index (χ3n) is 6.08. The zero-order valence-electron chi connectivity index (χ0n) is 20.5. The lowest BCUT2D eigenvalue weighted by Gasteiger charge is -2.13. The molecular formula is C30H29N3O3. The van der Waals surface area contributed by atoms with Gasteiger partial charge in [-0.25, -0.2) is 4.98 Å². The highest BCUT2D eigenvalue weighted by Crippen LogP contribution is 2.38. The van der Waals surface area contributed by atoms with E-state index in [9.17, 15) is 0 Å². The van der Waals surface area contributed by atoms with E-state index >= 15 is 0 Å². The van der Waals surface area contributed by atoms with E-state index in [4.69, 9.17) is 19.3 Å². The molecule has 0 radical (unpaired) electrons. The highest BCUT2D eigenvalue weighted by atomic mass is 16.5. The van der Waals surface area contributed by atoms with Gasteiger partial charge >= 0.3 is 0 Å². The van der Waals surface area contributed by atoms with Crippen molar-refractivity contribution in [1.82, 2.24) is 9.55 Å². The monoisotopic (exact) mass is 479 g/mol. The van der Waals surface area contributed by atoms with Gasteiger partial charge in [0.05, 0.1) is 18.6 Å². The van der Waals surface area contributed by atoms with Crippen LogP contribution in [0.1, 0.15) is 19.4 Å². The molecule has 0 unspecified atom stereocenters. The van der Waals surface area contributed by atoms with Crippen LogP contribution in [0.3, 0.4) is 0 Å². The van der Waals surface area contributed by atoms with Crippen molar-refractivity contribution in [3.8, 4) is 33.9 Å². The van der Waals surface area contributed by atoms with Crippen LogP contribution < -0.4 is 15.0 Å². The summed E-state index contributed by atoms with van der Waals surface area (Å²) in [7, 11) is 0. The number of nitrogens with one attached hydrogen (secondary N) is 1. The third-order valence-corrected chi connectivity index (χ3v) is 6.08. The second-order valence-electron chi connectivity index (χ2n) is 8.40. The zero-order chi connectivity index (χ0) is 24.9. The fraction of sp³-hybridized carbons (Fsp3) is 0.200. The topological polar surface area (TPSA) is 73.3 Å². The molecule has 5 aromatic rings. The molecule has 6 nitrogen and oxygen atoms in total. The molecule has 0 aliphatic carbocycles. The number of rotatable bonds is 9. The van der Waals surface area contributed by atoms with Crippen molar-refractivity contribution >= 4 is 11.1 Å². The first-order valence-corrected chi connectivity index (χ1v) is 12.3. The van der Waals surface area contributed by atoms with Gasteiger partial charge < -0.3 is 18.5 Å². The molecular weight excluding hydrogens is 450 g/mol. The number of aromatic nitrogens is 2. The Morgan fingerprint density at radius 1 is 0.833 bits per heavy atom. The van der Waals surface area contributed by atoms with Crippen LogP contribution in [-0.4, -0.2) is 22.8 Å². The minimum atomic E-state index is 0.376. The Labute approximate surface area is 210 Å². The van der Waals surface area contributed by atoms with E-state index in [-0.39, 0.29) is 0 Å². The molecule has 0 bridgehead atoms. The van der Waals surface area contributed by atoms with Gasteiger partial charge in [-0.3, -0.25) is 5.41 Å². The molecule has 0 spiro atoms. The highest BCUT2D eigenvalue weighted by molar-refractivity contribution is 5.99. The fourth-order valence-electron chi connectivity index (χ4n) is 4.40. The van der Waals surface area contributed by atoms with Gasteiger partial charge in [-0.05, 0) is 43.5 Å². The summed E-state index contributed by atoms with van der Waals surface area (Å²) in [5, 5.41) is 9.80. The number of hydrogen-bond donors (Lipinski definition) is 1. The molecule has 6 heteroatoms. The summed E-state index contributed by atoms with van der Waals surface area (Å²) in [5.74, 6) is 2.22. The number of furan rings is 1. The van der Waals surface area contributed by atoms with Crippen LogP contribution in [0.4, 0.5) is 0 Å². The van der Waals surface area contributed by atoms with Crippen LogP contribution in [0.2, 0.25) is 0 Å². The molecule has 0 aliphatic rings. The first-order chi connectivity index (χ1) is 17.7. The maximum Gasteiger partial charge on any atom is 0.232 e. The molecule has 0 aliphatic heterocycles. The fourth-order valence-corrected chi connectivity index (χ4v) is 4.40. The first-order valence-electron chi connectivity index (χ1n) is 12.3. The van der Waals surface area contributed by atoms with Gasteiger partial charge in [0, 0.05) is 17.7 Å². The average molecular weight is 480 g/mol. The lowest BCUT2D eigenvalue weighted by atomic mass is 9.99. The number of benzene rings is 3. The predicted octanol–water partition coefficient (Wildman–Crippen LogP) is 6.48. The maximum atomic E-state index is 9.09. The van der Waals surface area contributed by atoms with Gasteiger partial charge in [0.2, 0.25) is 5.71 Å². The molecule has 0 saturated carbocycles. The highest BCUT2D eigenvalue weighted by Gasteiger charge is 2.20. The van der Waals surface area contributed by atoms with Crippen LogP contribution in [0.5, 0.6) is 11.5 Å². The van der Waals surface area contributed by atoms with Crippen molar-refractivity contribution in [2.75, 3.05) is 13.2 Å². The Morgan fingerprint density at radius 3 is 2.19 bits per heavy atom. The average Bonchev–Trinajstić information content (AvgIpc) is 3.31. The smallest absolute Gasteiger partial charge is 0.232 e. The van der Waals surface area contributed by atoms with E-state index < -0.39 is 0 Å². The normalized spacial score (nSPS) is 11.1. The van der Waals surface area contributed by atoms with Crippen molar-refractivity contribution < 1.29 is 13.9 Å². The molecule has 0 saturated heterocycles. The Morgan fingerprint density at radius 2 is 1.50 bits per heavy atom. The third kappa shape index (κ3) is 4.62. The van der Waals surface area contributed by atoms with Gasteiger partial charge in [0.1, 0.15) is 17.6 Å². The number of fused-ring (bicyclic) bond motifs is 1. The van der Waals surface area contributed by atoms with E-state index in [0.717, 1.165) is 45.9 Å². The summed E-state index contributed by atoms with van der Waals surface area (Å²) in [6, 6.07) is 26.1. The van der Waals surface area contributed by atoms with E-state index in [1.165, 1.54) is 0 Å². The summed E-state index contributed by atoms with van der Waals surface area (Å²) in [6.07, 6.45) is 2.41. The molecule has 5 rings (SSSR count). The Bertz CT molecular complexity index is 1520. The molecule has 0 amide bonds. The van der Waals surface area contributed by atoms with Gasteiger partial charge in [-0.1, -0.05) is 66.7 Å². The molecule has 1 N–H and O–H groups in total. The van der Waals surface area contributed by atoms with Crippen molar-refractivity contribution in [1.29, 1.82) is 5.41 Å². The van der Waals surface area contributed by atoms with Gasteiger partial charge in [-0.15, -0.1) is 0 Å². The zero-order valence-corrected chi connectivity index (χ0v) is 20.5. The maximum absolute atomic E-state index is 9.09. The summed E-state index contributed by atoms with van der Waals surface area (Å²) >= 11 is 0. The Hall–Kier alpha value is -4.32. The van der Waals surface area contributed by atoms with Crippen LogP contribution in [0, 0.1) is 5.41 Å². The second-order valence-corrected chi connectivity index (χ2v) is 8.40. The lowest BCUT2D eigenvalue weighted by Crippen LogP contribution is -2.21. The molecule has 36 heavy (non-hydrogen) atoms. The molecule has 3 aromatic carbocycles. The summed E-state index contributed by atoms with van der Waals surface area (Å²) in [4.78, 5) is 4.60. The van der Waals surface area contributed by atoms with E-state index in [1.54, 1.807) is 6.33 Å². The largest absolute Gasteiger partial charge is 0.490 e. The molecule has 0 fully saturated rings. The number of hydrogen-bond acceptors (Lipinski definition) is 5. The summed E-state index contributed by atoms with van der Waals surface area (Å²) < 4.78 is 19.6. The molecule has 0 atom stereocenters. The van der Waals surface area contributed by atoms with E-state index in [2.05, 4.69) is 4.98 Å². The SMILES string of the molecule is CCOc1ccc(CCn2cnc3oc(-c4ccccc4)c(-c4ccccc4)c3c2=N)cc1OCC. The van der Waals surface area contributed by atoms with Crippen LogP contribution in [0.15, 0.2) is 89.6 Å². The number of aryl methyl sites for hydroxylation is 2. The van der Waals surface area contributed by atoms with Crippen LogP contribution in [0.25, 0.3) is 33.6 Å². The van der Waals surface area contributed by atoms with E-state index in [1.807, 2.05) is 97.3 Å². The van der Waals surface area contributed by atoms with Gasteiger partial charge in [0.25, 0.3) is 0 Å². The van der Waals surface area contributed by atoms with Crippen molar-refractivity contribution in [2.45, 2.75) is 26.8 Å². The van der Waals surface area contributed by atoms with Crippen molar-refractivity contribution in [2.24, 2.45) is 0 Å². The summed E-state index contributed by atoms with van der Waals surface area (Å²) in [5.41, 5.74) is 4.79. The van der Waals surface area contributed by atoms with E-state index in [0.29, 0.717) is 36.3 Å².